The molecule has 1 aromatic heterocycles. The molecule has 0 radical (unpaired) electrons. The van der Waals surface area contributed by atoms with E-state index in [1.165, 1.54) is 16.2 Å². The van der Waals surface area contributed by atoms with E-state index in [0.29, 0.717) is 11.4 Å². The second-order valence-corrected chi connectivity index (χ2v) is 7.53. The molecule has 0 unspecified atom stereocenters. The van der Waals surface area contributed by atoms with Crippen LogP contribution in [0.3, 0.4) is 0 Å². The third-order valence-electron chi connectivity index (χ3n) is 3.37. The zero-order valence-corrected chi connectivity index (χ0v) is 14.9. The molecule has 0 saturated carbocycles. The summed E-state index contributed by atoms with van der Waals surface area (Å²) >= 11 is 4.69. The number of carbonyl (C=O) groups excluding carboxylic acids is 2. The molecule has 2 heterocycles. The summed E-state index contributed by atoms with van der Waals surface area (Å²) in [5.41, 5.74) is 0. The van der Waals surface area contributed by atoms with Crippen molar-refractivity contribution in [3.8, 4) is 0 Å². The Morgan fingerprint density at radius 2 is 2.14 bits per heavy atom. The molecule has 22 heavy (non-hydrogen) atoms. The molecule has 1 fully saturated rings. The summed E-state index contributed by atoms with van der Waals surface area (Å²) < 4.78 is 6.18. The molecule has 0 spiro atoms. The first kappa shape index (κ1) is 17.4. The van der Waals surface area contributed by atoms with Gasteiger partial charge in [-0.2, -0.15) is 0 Å². The summed E-state index contributed by atoms with van der Waals surface area (Å²) in [6.07, 6.45) is 0. The van der Waals surface area contributed by atoms with Crippen molar-refractivity contribution in [2.75, 3.05) is 53.0 Å². The third-order valence-corrected chi connectivity index (χ3v) is 4.98. The van der Waals surface area contributed by atoms with Crippen LogP contribution in [0.4, 0.5) is 0 Å². The highest BCUT2D eigenvalue weighted by molar-refractivity contribution is 9.11. The molecule has 0 atom stereocenters. The Bertz CT molecular complexity index is 517. The summed E-state index contributed by atoms with van der Waals surface area (Å²) in [6.45, 7) is 4.78. The van der Waals surface area contributed by atoms with Gasteiger partial charge in [-0.25, -0.2) is 0 Å². The summed E-state index contributed by atoms with van der Waals surface area (Å²) in [6, 6.07) is 3.58. The van der Waals surface area contributed by atoms with Crippen molar-refractivity contribution >= 4 is 39.1 Å². The molecule has 1 aliphatic rings. The van der Waals surface area contributed by atoms with E-state index in [9.17, 15) is 9.59 Å². The van der Waals surface area contributed by atoms with E-state index >= 15 is 0 Å². The molecule has 1 aromatic rings. The van der Waals surface area contributed by atoms with Crippen LogP contribution in [0.25, 0.3) is 0 Å². The third kappa shape index (κ3) is 5.35. The van der Waals surface area contributed by atoms with Crippen molar-refractivity contribution in [2.24, 2.45) is 0 Å². The number of halogens is 1. The number of carbonyl (C=O) groups is 2. The fourth-order valence-corrected chi connectivity index (χ4v) is 3.52. The summed E-state index contributed by atoms with van der Waals surface area (Å²) in [7, 11) is 1.64. The van der Waals surface area contributed by atoms with Gasteiger partial charge in [0.2, 0.25) is 5.91 Å². The van der Waals surface area contributed by atoms with E-state index in [1.807, 2.05) is 6.07 Å². The highest BCUT2D eigenvalue weighted by Gasteiger charge is 2.17. The van der Waals surface area contributed by atoms with Crippen molar-refractivity contribution in [3.05, 3.63) is 20.8 Å². The average Bonchev–Trinajstić information content (AvgIpc) is 2.94. The minimum Gasteiger partial charge on any atom is -0.379 e. The molecular formula is C14H20BrN3O3S. The second kappa shape index (κ2) is 8.61. The number of rotatable bonds is 6. The molecule has 122 valence electrons. The van der Waals surface area contributed by atoms with E-state index in [-0.39, 0.29) is 18.4 Å². The maximum absolute atomic E-state index is 12.1. The molecule has 0 aliphatic carbocycles. The summed E-state index contributed by atoms with van der Waals surface area (Å²) in [4.78, 5) is 28.3. The van der Waals surface area contributed by atoms with Gasteiger partial charge >= 0.3 is 0 Å². The van der Waals surface area contributed by atoms with Gasteiger partial charge in [-0.15, -0.1) is 11.3 Å². The van der Waals surface area contributed by atoms with Crippen molar-refractivity contribution in [1.82, 2.24) is 15.1 Å². The van der Waals surface area contributed by atoms with Crippen LogP contribution in [0.15, 0.2) is 15.9 Å². The first-order valence-corrected chi connectivity index (χ1v) is 8.75. The quantitative estimate of drug-likeness (QED) is 0.789. The van der Waals surface area contributed by atoms with Crippen LogP contribution in [-0.4, -0.2) is 74.6 Å². The molecular weight excluding hydrogens is 370 g/mol. The number of hydrogen-bond donors (Lipinski definition) is 1. The highest BCUT2D eigenvalue weighted by atomic mass is 79.9. The summed E-state index contributed by atoms with van der Waals surface area (Å²) in [5.74, 6) is -0.279. The standard InChI is InChI=1S/C14H20BrN3O3S/c1-17(14(20)11-2-3-12(15)22-11)10-13(19)16-4-5-18-6-8-21-9-7-18/h2-3H,4-10H2,1H3,(H,16,19). The molecule has 1 N–H and O–H groups in total. The van der Waals surface area contributed by atoms with Gasteiger partial charge in [0.15, 0.2) is 0 Å². The molecule has 8 heteroatoms. The van der Waals surface area contributed by atoms with Gasteiger partial charge in [-0.3, -0.25) is 14.5 Å². The van der Waals surface area contributed by atoms with E-state index in [4.69, 9.17) is 4.74 Å². The van der Waals surface area contributed by atoms with Gasteiger partial charge in [0.25, 0.3) is 5.91 Å². The number of morpholine rings is 1. The predicted octanol–water partition coefficient (Wildman–Crippen LogP) is 1.03. The monoisotopic (exact) mass is 389 g/mol. The van der Waals surface area contributed by atoms with Crippen LogP contribution in [-0.2, 0) is 9.53 Å². The number of thiophene rings is 1. The number of amides is 2. The number of ether oxygens (including phenoxy) is 1. The Kier molecular flexibility index (Phi) is 6.81. The molecule has 2 rings (SSSR count). The van der Waals surface area contributed by atoms with Crippen LogP contribution >= 0.6 is 27.3 Å². The Hall–Kier alpha value is -0.960. The van der Waals surface area contributed by atoms with Crippen molar-refractivity contribution in [2.45, 2.75) is 0 Å². The topological polar surface area (TPSA) is 61.9 Å². The number of nitrogens with zero attached hydrogens (tertiary/aromatic N) is 2. The first-order valence-electron chi connectivity index (χ1n) is 7.14. The average molecular weight is 390 g/mol. The second-order valence-electron chi connectivity index (χ2n) is 5.07. The number of likely N-dealkylation sites (N-methyl/N-ethyl adjacent to an activating group) is 1. The van der Waals surface area contributed by atoms with Gasteiger partial charge < -0.3 is 15.0 Å². The normalized spacial score (nSPS) is 15.5. The van der Waals surface area contributed by atoms with E-state index in [1.54, 1.807) is 13.1 Å². The maximum Gasteiger partial charge on any atom is 0.264 e. The minimum atomic E-state index is -0.140. The predicted molar refractivity (Wildman–Crippen MR) is 89.2 cm³/mol. The van der Waals surface area contributed by atoms with Gasteiger partial charge in [0.05, 0.1) is 28.4 Å². The number of hydrogen-bond acceptors (Lipinski definition) is 5. The van der Waals surface area contributed by atoms with Crippen molar-refractivity contribution in [1.29, 1.82) is 0 Å². The van der Waals surface area contributed by atoms with E-state index in [0.717, 1.165) is 36.6 Å². The van der Waals surface area contributed by atoms with E-state index < -0.39 is 0 Å². The molecule has 6 nitrogen and oxygen atoms in total. The van der Waals surface area contributed by atoms with Gasteiger partial charge in [0.1, 0.15) is 0 Å². The first-order chi connectivity index (χ1) is 10.6. The fourth-order valence-electron chi connectivity index (χ4n) is 2.14. The Balaban J connectivity index is 1.68. The van der Waals surface area contributed by atoms with Crippen LogP contribution in [0.1, 0.15) is 9.67 Å². The number of nitrogens with one attached hydrogen (secondary N) is 1. The van der Waals surface area contributed by atoms with Crippen molar-refractivity contribution in [3.63, 3.8) is 0 Å². The van der Waals surface area contributed by atoms with Gasteiger partial charge in [-0.1, -0.05) is 0 Å². The van der Waals surface area contributed by atoms with Crippen molar-refractivity contribution < 1.29 is 14.3 Å². The minimum absolute atomic E-state index is 0.0669. The lowest BCUT2D eigenvalue weighted by atomic mass is 10.4. The Morgan fingerprint density at radius 3 is 2.77 bits per heavy atom. The fraction of sp³-hybridized carbons (Fsp3) is 0.571. The maximum atomic E-state index is 12.1. The molecule has 1 saturated heterocycles. The SMILES string of the molecule is CN(CC(=O)NCCN1CCOCC1)C(=O)c1ccc(Br)s1. The Morgan fingerprint density at radius 1 is 1.41 bits per heavy atom. The van der Waals surface area contributed by atoms with Crippen LogP contribution in [0.2, 0.25) is 0 Å². The zero-order valence-electron chi connectivity index (χ0n) is 12.5. The van der Waals surface area contributed by atoms with Gasteiger partial charge in [0, 0.05) is 33.2 Å². The lowest BCUT2D eigenvalue weighted by molar-refractivity contribution is -0.121. The van der Waals surface area contributed by atoms with Crippen LogP contribution in [0, 0.1) is 0 Å². The molecule has 2 amide bonds. The largest absolute Gasteiger partial charge is 0.379 e. The van der Waals surface area contributed by atoms with Crippen LogP contribution < -0.4 is 5.32 Å². The lowest BCUT2D eigenvalue weighted by Crippen LogP contribution is -2.43. The van der Waals surface area contributed by atoms with E-state index in [2.05, 4.69) is 26.1 Å². The summed E-state index contributed by atoms with van der Waals surface area (Å²) in [5, 5.41) is 2.85. The Labute approximate surface area is 142 Å². The lowest BCUT2D eigenvalue weighted by Gasteiger charge is -2.26. The highest BCUT2D eigenvalue weighted by Crippen LogP contribution is 2.22. The zero-order chi connectivity index (χ0) is 15.9. The molecule has 0 bridgehead atoms. The van der Waals surface area contributed by atoms with Gasteiger partial charge in [-0.05, 0) is 28.1 Å². The smallest absolute Gasteiger partial charge is 0.264 e. The van der Waals surface area contributed by atoms with Crippen LogP contribution in [0.5, 0.6) is 0 Å². The molecule has 1 aliphatic heterocycles. The molecule has 0 aromatic carbocycles.